The predicted octanol–water partition coefficient (Wildman–Crippen LogP) is 1.41. The average Bonchev–Trinajstić information content (AvgIpc) is 2.81. The van der Waals surface area contributed by atoms with E-state index in [0.717, 1.165) is 11.9 Å². The van der Waals surface area contributed by atoms with Crippen LogP contribution in [0.2, 0.25) is 0 Å². The molecular weight excluding hydrogens is 288 g/mol. The molecule has 0 spiro atoms. The summed E-state index contributed by atoms with van der Waals surface area (Å²) >= 11 is 0. The number of hydrogen-bond acceptors (Lipinski definition) is 4. The maximum absolute atomic E-state index is 12.1. The molecule has 1 atom stereocenters. The first-order valence-electron chi connectivity index (χ1n) is 6.86. The van der Waals surface area contributed by atoms with Gasteiger partial charge < -0.3 is 16.0 Å². The summed E-state index contributed by atoms with van der Waals surface area (Å²) in [6, 6.07) is 5.21. The van der Waals surface area contributed by atoms with Gasteiger partial charge >= 0.3 is 0 Å². The molecule has 4 N–H and O–H groups in total. The minimum absolute atomic E-state index is 0.0899. The molecule has 1 aromatic heterocycles. The van der Waals surface area contributed by atoms with Crippen LogP contribution in [0.5, 0.6) is 0 Å². The standard InChI is InChI=1S/C14H20N4O2S/c1-9(2)5-6-16-13(19)8-21(20)14-17-11-4-3-10(15)7-12(11)18-14/h3-4,7,9H,5-6,8,15H2,1-2H3,(H,16,19)(H,17,18). The van der Waals surface area contributed by atoms with Crippen LogP contribution in [0.15, 0.2) is 23.4 Å². The molecule has 0 saturated heterocycles. The van der Waals surface area contributed by atoms with Gasteiger partial charge in [-0.15, -0.1) is 0 Å². The van der Waals surface area contributed by atoms with E-state index in [1.165, 1.54) is 0 Å². The third-order valence-corrected chi connectivity index (χ3v) is 4.15. The lowest BCUT2D eigenvalue weighted by atomic mass is 10.1. The van der Waals surface area contributed by atoms with Crippen LogP contribution in [0.1, 0.15) is 20.3 Å². The topological polar surface area (TPSA) is 101 Å². The van der Waals surface area contributed by atoms with E-state index in [2.05, 4.69) is 29.1 Å². The number of aromatic amines is 1. The van der Waals surface area contributed by atoms with Crippen LogP contribution in [0.25, 0.3) is 11.0 Å². The zero-order valence-electron chi connectivity index (χ0n) is 12.2. The normalized spacial score (nSPS) is 12.7. The van der Waals surface area contributed by atoms with Gasteiger partial charge in [-0.1, -0.05) is 13.8 Å². The molecule has 1 amide bonds. The van der Waals surface area contributed by atoms with E-state index in [1.807, 2.05) is 0 Å². The van der Waals surface area contributed by atoms with E-state index >= 15 is 0 Å². The summed E-state index contributed by atoms with van der Waals surface area (Å²) in [6.07, 6.45) is 0.905. The van der Waals surface area contributed by atoms with Crippen molar-refractivity contribution in [1.82, 2.24) is 15.3 Å². The monoisotopic (exact) mass is 308 g/mol. The molecule has 114 valence electrons. The van der Waals surface area contributed by atoms with E-state index in [-0.39, 0.29) is 11.7 Å². The summed E-state index contributed by atoms with van der Waals surface area (Å²) in [6.45, 7) is 4.78. The van der Waals surface area contributed by atoms with Gasteiger partial charge in [0, 0.05) is 12.2 Å². The number of carbonyl (C=O) groups is 1. The number of rotatable bonds is 6. The van der Waals surface area contributed by atoms with Crippen LogP contribution < -0.4 is 11.1 Å². The molecule has 7 heteroatoms. The van der Waals surface area contributed by atoms with E-state index in [9.17, 15) is 9.00 Å². The second-order valence-electron chi connectivity index (χ2n) is 5.34. The number of imidazole rings is 1. The molecule has 1 aromatic carbocycles. The fraction of sp³-hybridized carbons (Fsp3) is 0.429. The molecule has 0 bridgehead atoms. The second kappa shape index (κ2) is 6.71. The number of nitrogens with two attached hydrogens (primary N) is 1. The molecule has 0 aliphatic heterocycles. The Morgan fingerprint density at radius 1 is 1.48 bits per heavy atom. The molecule has 0 aliphatic carbocycles. The van der Waals surface area contributed by atoms with Crippen LogP contribution in [-0.4, -0.2) is 32.4 Å². The summed E-state index contributed by atoms with van der Waals surface area (Å²) in [5.41, 5.74) is 7.70. The van der Waals surface area contributed by atoms with E-state index in [4.69, 9.17) is 5.73 Å². The number of anilines is 1. The van der Waals surface area contributed by atoms with Crippen molar-refractivity contribution >= 4 is 33.4 Å². The number of hydrogen-bond donors (Lipinski definition) is 3. The van der Waals surface area contributed by atoms with Gasteiger partial charge in [0.05, 0.1) is 21.8 Å². The van der Waals surface area contributed by atoms with Crippen molar-refractivity contribution in [2.24, 2.45) is 5.92 Å². The minimum atomic E-state index is -1.49. The van der Waals surface area contributed by atoms with Crippen molar-refractivity contribution in [3.8, 4) is 0 Å². The summed E-state index contributed by atoms with van der Waals surface area (Å²) < 4.78 is 12.1. The molecule has 2 aromatic rings. The van der Waals surface area contributed by atoms with Crippen LogP contribution in [0.3, 0.4) is 0 Å². The number of fused-ring (bicyclic) bond motifs is 1. The van der Waals surface area contributed by atoms with Crippen LogP contribution in [-0.2, 0) is 15.6 Å². The first kappa shape index (κ1) is 15.5. The van der Waals surface area contributed by atoms with Crippen LogP contribution >= 0.6 is 0 Å². The molecule has 0 radical (unpaired) electrons. The van der Waals surface area contributed by atoms with E-state index < -0.39 is 10.8 Å². The number of amides is 1. The number of carbonyl (C=O) groups excluding carboxylic acids is 1. The largest absolute Gasteiger partial charge is 0.399 e. The Morgan fingerprint density at radius 3 is 2.95 bits per heavy atom. The molecule has 21 heavy (non-hydrogen) atoms. The molecule has 2 rings (SSSR count). The number of aromatic nitrogens is 2. The molecule has 1 heterocycles. The van der Waals surface area contributed by atoms with Gasteiger partial charge in [-0.25, -0.2) is 4.98 Å². The second-order valence-corrected chi connectivity index (χ2v) is 6.71. The van der Waals surface area contributed by atoms with Crippen molar-refractivity contribution in [3.63, 3.8) is 0 Å². The Morgan fingerprint density at radius 2 is 2.24 bits per heavy atom. The lowest BCUT2D eigenvalue weighted by Gasteiger charge is -2.06. The van der Waals surface area contributed by atoms with E-state index in [0.29, 0.717) is 28.8 Å². The third kappa shape index (κ3) is 4.29. The number of H-pyrrole nitrogens is 1. The van der Waals surface area contributed by atoms with E-state index in [1.54, 1.807) is 18.2 Å². The average molecular weight is 308 g/mol. The fourth-order valence-electron chi connectivity index (χ4n) is 1.85. The van der Waals surface area contributed by atoms with Gasteiger partial charge in [0.15, 0.2) is 5.16 Å². The highest BCUT2D eigenvalue weighted by Gasteiger charge is 2.14. The number of nitrogens with zero attached hydrogens (tertiary/aromatic N) is 1. The predicted molar refractivity (Wildman–Crippen MR) is 84.2 cm³/mol. The van der Waals surface area contributed by atoms with Gasteiger partial charge in [-0.05, 0) is 30.5 Å². The zero-order chi connectivity index (χ0) is 15.4. The molecular formula is C14H20N4O2S. The van der Waals surface area contributed by atoms with Crippen molar-refractivity contribution < 1.29 is 9.00 Å². The van der Waals surface area contributed by atoms with Gasteiger partial charge in [0.2, 0.25) is 5.91 Å². The molecule has 0 aliphatic rings. The highest BCUT2D eigenvalue weighted by atomic mass is 32.2. The van der Waals surface area contributed by atoms with Gasteiger partial charge in [-0.2, -0.15) is 0 Å². The lowest BCUT2D eigenvalue weighted by Crippen LogP contribution is -2.30. The van der Waals surface area contributed by atoms with Crippen molar-refractivity contribution in [3.05, 3.63) is 18.2 Å². The Kier molecular flexibility index (Phi) is 4.95. The van der Waals surface area contributed by atoms with Crippen molar-refractivity contribution in [2.45, 2.75) is 25.4 Å². The van der Waals surface area contributed by atoms with Crippen molar-refractivity contribution in [1.29, 1.82) is 0 Å². The van der Waals surface area contributed by atoms with Gasteiger partial charge in [-0.3, -0.25) is 9.00 Å². The Bertz CT molecular complexity index is 666. The number of nitrogen functional groups attached to an aromatic ring is 1. The first-order chi connectivity index (χ1) is 9.95. The van der Waals surface area contributed by atoms with Crippen LogP contribution in [0.4, 0.5) is 5.69 Å². The highest BCUT2D eigenvalue weighted by Crippen LogP contribution is 2.16. The van der Waals surface area contributed by atoms with Gasteiger partial charge in [0.25, 0.3) is 0 Å². The summed E-state index contributed by atoms with van der Waals surface area (Å²) in [4.78, 5) is 18.9. The van der Waals surface area contributed by atoms with Gasteiger partial charge in [0.1, 0.15) is 5.75 Å². The molecule has 6 nitrogen and oxygen atoms in total. The lowest BCUT2D eigenvalue weighted by molar-refractivity contribution is -0.118. The Hall–Kier alpha value is -1.89. The summed E-state index contributed by atoms with van der Waals surface area (Å²) in [5, 5.41) is 3.06. The summed E-state index contributed by atoms with van der Waals surface area (Å²) in [7, 11) is -1.49. The smallest absolute Gasteiger partial charge is 0.233 e. The maximum Gasteiger partial charge on any atom is 0.233 e. The van der Waals surface area contributed by atoms with Crippen molar-refractivity contribution in [2.75, 3.05) is 18.0 Å². The molecule has 1 unspecified atom stereocenters. The minimum Gasteiger partial charge on any atom is -0.399 e. The first-order valence-corrected chi connectivity index (χ1v) is 8.18. The fourth-order valence-corrected chi connectivity index (χ4v) is 2.75. The Labute approximate surface area is 126 Å². The Balaban J connectivity index is 1.97. The number of benzene rings is 1. The van der Waals surface area contributed by atoms with Crippen LogP contribution in [0, 0.1) is 5.92 Å². The number of nitrogens with one attached hydrogen (secondary N) is 2. The SMILES string of the molecule is CC(C)CCNC(=O)CS(=O)c1nc2ccc(N)cc2[nH]1. The third-order valence-electron chi connectivity index (χ3n) is 3.01. The molecule has 0 fully saturated rings. The summed E-state index contributed by atoms with van der Waals surface area (Å²) in [5.74, 6) is 0.207. The quantitative estimate of drug-likeness (QED) is 0.702. The molecule has 0 saturated carbocycles. The zero-order valence-corrected chi connectivity index (χ0v) is 13.0. The maximum atomic E-state index is 12.1. The highest BCUT2D eigenvalue weighted by molar-refractivity contribution is 7.85.